The monoisotopic (exact) mass is 383 g/mol. The fourth-order valence-electron chi connectivity index (χ4n) is 3.87. The maximum absolute atomic E-state index is 13.6. The summed E-state index contributed by atoms with van der Waals surface area (Å²) >= 11 is 0. The average Bonchev–Trinajstić information content (AvgIpc) is 3.33. The molecule has 1 aliphatic carbocycles. The Morgan fingerprint density at radius 2 is 1.89 bits per heavy atom. The highest BCUT2D eigenvalue weighted by Gasteiger charge is 2.39. The van der Waals surface area contributed by atoms with Crippen molar-refractivity contribution in [2.75, 3.05) is 6.54 Å². The molecule has 4 rings (SSSR count). The van der Waals surface area contributed by atoms with E-state index in [2.05, 4.69) is 10.1 Å². The van der Waals surface area contributed by atoms with Crippen LogP contribution in [0.25, 0.3) is 11.4 Å². The molecule has 1 unspecified atom stereocenters. The van der Waals surface area contributed by atoms with Crippen LogP contribution in [-0.2, 0) is 11.0 Å². The third-order valence-electron chi connectivity index (χ3n) is 5.20. The number of hydrogen-bond acceptors (Lipinski definition) is 4. The van der Waals surface area contributed by atoms with E-state index in [1.807, 2.05) is 4.90 Å². The van der Waals surface area contributed by atoms with E-state index in [1.165, 1.54) is 0 Å². The maximum Gasteiger partial charge on any atom is 0.416 e. The summed E-state index contributed by atoms with van der Waals surface area (Å²) in [5, 5.41) is 3.69. The van der Waals surface area contributed by atoms with Gasteiger partial charge >= 0.3 is 6.18 Å². The Kier molecular flexibility index (Phi) is 4.39. The maximum atomic E-state index is 13.6. The van der Waals surface area contributed by atoms with E-state index in [1.54, 1.807) is 0 Å². The van der Waals surface area contributed by atoms with Gasteiger partial charge in [0.25, 0.3) is 0 Å². The molecule has 0 spiro atoms. The van der Waals surface area contributed by atoms with Crippen LogP contribution in [0.15, 0.2) is 22.7 Å². The van der Waals surface area contributed by atoms with Gasteiger partial charge in [-0.3, -0.25) is 4.79 Å². The number of hydrogen-bond donors (Lipinski definition) is 0. The van der Waals surface area contributed by atoms with Crippen LogP contribution in [0.3, 0.4) is 0 Å². The van der Waals surface area contributed by atoms with Crippen LogP contribution in [0.1, 0.15) is 49.5 Å². The van der Waals surface area contributed by atoms with Gasteiger partial charge in [0.15, 0.2) is 0 Å². The zero-order valence-electron chi connectivity index (χ0n) is 14.3. The number of likely N-dealkylation sites (tertiary alicyclic amines) is 1. The van der Waals surface area contributed by atoms with Gasteiger partial charge in [-0.25, -0.2) is 4.39 Å². The van der Waals surface area contributed by atoms with Gasteiger partial charge in [-0.15, -0.1) is 0 Å². The Morgan fingerprint density at radius 3 is 2.59 bits per heavy atom. The van der Waals surface area contributed by atoms with Crippen molar-refractivity contribution in [3.63, 3.8) is 0 Å². The second kappa shape index (κ2) is 6.61. The van der Waals surface area contributed by atoms with Crippen molar-refractivity contribution in [1.29, 1.82) is 0 Å². The molecule has 1 aromatic heterocycles. The van der Waals surface area contributed by atoms with Crippen molar-refractivity contribution in [1.82, 2.24) is 15.0 Å². The second-order valence-corrected chi connectivity index (χ2v) is 7.07. The molecular formula is C18H17F4N3O2. The first-order valence-corrected chi connectivity index (χ1v) is 8.82. The predicted molar refractivity (Wildman–Crippen MR) is 86.0 cm³/mol. The minimum absolute atomic E-state index is 0.0248. The van der Waals surface area contributed by atoms with Crippen LogP contribution in [-0.4, -0.2) is 33.5 Å². The van der Waals surface area contributed by atoms with Gasteiger partial charge in [0.1, 0.15) is 5.82 Å². The molecular weight excluding hydrogens is 366 g/mol. The summed E-state index contributed by atoms with van der Waals surface area (Å²) in [7, 11) is 0. The van der Waals surface area contributed by atoms with Crippen molar-refractivity contribution in [2.45, 2.75) is 50.2 Å². The number of carbonyl (C=O) groups is 1. The standard InChI is InChI=1S/C18H17F4N3O2/c19-13-6-10(5-12(8-13)18(20,21)22)16-23-17(27-24-16)11-7-15(26)25(9-11)14-3-1-2-4-14/h5-6,8,11,14H,1-4,7,9H2. The predicted octanol–water partition coefficient (Wildman–Crippen LogP) is 4.15. The number of carbonyl (C=O) groups excluding carboxylic acids is 1. The summed E-state index contributed by atoms with van der Waals surface area (Å²) in [5.41, 5.74) is -1.23. The molecule has 2 fully saturated rings. The van der Waals surface area contributed by atoms with E-state index < -0.39 is 17.6 Å². The van der Waals surface area contributed by atoms with E-state index in [4.69, 9.17) is 4.52 Å². The van der Waals surface area contributed by atoms with Crippen molar-refractivity contribution in [3.05, 3.63) is 35.5 Å². The minimum atomic E-state index is -4.68. The van der Waals surface area contributed by atoms with Crippen LogP contribution >= 0.6 is 0 Å². The quantitative estimate of drug-likeness (QED) is 0.747. The third kappa shape index (κ3) is 3.54. The van der Waals surface area contributed by atoms with Crippen LogP contribution in [0.4, 0.5) is 17.6 Å². The highest BCUT2D eigenvalue weighted by Crippen LogP contribution is 2.35. The number of alkyl halides is 3. The van der Waals surface area contributed by atoms with Gasteiger partial charge in [-0.05, 0) is 31.0 Å². The topological polar surface area (TPSA) is 59.2 Å². The molecule has 1 saturated heterocycles. The fraction of sp³-hybridized carbons (Fsp3) is 0.500. The summed E-state index contributed by atoms with van der Waals surface area (Å²) in [5.74, 6) is -1.24. The Bertz CT molecular complexity index is 859. The molecule has 0 N–H and O–H groups in total. The zero-order chi connectivity index (χ0) is 19.2. The number of nitrogens with zero attached hydrogens (tertiary/aromatic N) is 3. The first-order chi connectivity index (χ1) is 12.8. The summed E-state index contributed by atoms with van der Waals surface area (Å²) < 4.78 is 57.4. The van der Waals surface area contributed by atoms with E-state index in [9.17, 15) is 22.4 Å². The lowest BCUT2D eigenvalue weighted by molar-refractivity contribution is -0.137. The lowest BCUT2D eigenvalue weighted by Crippen LogP contribution is -2.34. The zero-order valence-corrected chi connectivity index (χ0v) is 14.3. The first kappa shape index (κ1) is 17.9. The Hall–Kier alpha value is -2.45. The normalized spacial score (nSPS) is 21.4. The molecule has 5 nitrogen and oxygen atoms in total. The van der Waals surface area contributed by atoms with Crippen molar-refractivity contribution < 1.29 is 26.9 Å². The molecule has 144 valence electrons. The van der Waals surface area contributed by atoms with Gasteiger partial charge in [-0.1, -0.05) is 18.0 Å². The minimum Gasteiger partial charge on any atom is -0.339 e. The summed E-state index contributed by atoms with van der Waals surface area (Å²) in [4.78, 5) is 18.3. The lowest BCUT2D eigenvalue weighted by Gasteiger charge is -2.23. The smallest absolute Gasteiger partial charge is 0.339 e. The van der Waals surface area contributed by atoms with Gasteiger partial charge in [0, 0.05) is 24.6 Å². The number of benzene rings is 1. The lowest BCUT2D eigenvalue weighted by atomic mass is 10.1. The third-order valence-corrected chi connectivity index (χ3v) is 5.20. The van der Waals surface area contributed by atoms with Crippen molar-refractivity contribution in [3.8, 4) is 11.4 Å². The van der Waals surface area contributed by atoms with Crippen LogP contribution < -0.4 is 0 Å². The average molecular weight is 383 g/mol. The van der Waals surface area contributed by atoms with Crippen LogP contribution in [0, 0.1) is 5.82 Å². The van der Waals surface area contributed by atoms with E-state index in [0.29, 0.717) is 12.6 Å². The fourth-order valence-corrected chi connectivity index (χ4v) is 3.87. The van der Waals surface area contributed by atoms with Crippen LogP contribution in [0.2, 0.25) is 0 Å². The van der Waals surface area contributed by atoms with E-state index >= 15 is 0 Å². The Morgan fingerprint density at radius 1 is 1.15 bits per heavy atom. The highest BCUT2D eigenvalue weighted by molar-refractivity contribution is 5.80. The number of rotatable bonds is 3. The Balaban J connectivity index is 1.56. The van der Waals surface area contributed by atoms with E-state index in [0.717, 1.165) is 37.8 Å². The molecule has 9 heteroatoms. The molecule has 0 radical (unpaired) electrons. The summed E-state index contributed by atoms with van der Waals surface area (Å²) in [6.45, 7) is 0.460. The van der Waals surface area contributed by atoms with E-state index in [-0.39, 0.29) is 41.6 Å². The molecule has 0 bridgehead atoms. The number of amides is 1. The molecule has 1 aliphatic heterocycles. The SMILES string of the molecule is O=C1CC(c2nc(-c3cc(F)cc(C(F)(F)F)c3)no2)CN1C1CCCC1. The molecule has 1 saturated carbocycles. The van der Waals surface area contributed by atoms with Crippen molar-refractivity contribution >= 4 is 5.91 Å². The van der Waals surface area contributed by atoms with Gasteiger partial charge in [-0.2, -0.15) is 18.2 Å². The summed E-state index contributed by atoms with van der Waals surface area (Å²) in [6.07, 6.45) is -0.276. The van der Waals surface area contributed by atoms with Crippen LogP contribution in [0.5, 0.6) is 0 Å². The van der Waals surface area contributed by atoms with Gasteiger partial charge in [0.05, 0.1) is 11.5 Å². The largest absolute Gasteiger partial charge is 0.416 e. The molecule has 2 aliphatic rings. The highest BCUT2D eigenvalue weighted by atomic mass is 19.4. The number of halogens is 4. The molecule has 27 heavy (non-hydrogen) atoms. The summed E-state index contributed by atoms with van der Waals surface area (Å²) in [6, 6.07) is 2.36. The second-order valence-electron chi connectivity index (χ2n) is 7.07. The van der Waals surface area contributed by atoms with Crippen molar-refractivity contribution in [2.24, 2.45) is 0 Å². The first-order valence-electron chi connectivity index (χ1n) is 8.82. The molecule has 1 atom stereocenters. The number of aromatic nitrogens is 2. The molecule has 1 aromatic carbocycles. The Labute approximate surface area is 152 Å². The molecule has 2 aromatic rings. The molecule has 1 amide bonds. The van der Waals surface area contributed by atoms with Gasteiger partial charge < -0.3 is 9.42 Å². The van der Waals surface area contributed by atoms with Gasteiger partial charge in [0.2, 0.25) is 17.6 Å². The molecule has 2 heterocycles.